The number of aryl methyl sites for hydroxylation is 2. The van der Waals surface area contributed by atoms with Gasteiger partial charge >= 0.3 is 0 Å². The summed E-state index contributed by atoms with van der Waals surface area (Å²) in [5, 5.41) is 7.55. The van der Waals surface area contributed by atoms with Crippen LogP contribution < -0.4 is 10.2 Å². The average Bonchev–Trinajstić information content (AvgIpc) is 2.94. The second-order valence-corrected chi connectivity index (χ2v) is 5.66. The number of anilines is 1. The molecule has 1 fully saturated rings. The predicted octanol–water partition coefficient (Wildman–Crippen LogP) is 2.30. The summed E-state index contributed by atoms with van der Waals surface area (Å²) in [7, 11) is 1.87. The Kier molecular flexibility index (Phi) is 3.54. The van der Waals surface area contributed by atoms with Gasteiger partial charge in [0, 0.05) is 18.3 Å². The Morgan fingerprint density at radius 2 is 1.91 bits per heavy atom. The summed E-state index contributed by atoms with van der Waals surface area (Å²) < 4.78 is 1.77. The first kappa shape index (κ1) is 14.5. The van der Waals surface area contributed by atoms with Gasteiger partial charge in [0.1, 0.15) is 5.70 Å². The number of carbonyl (C=O) groups is 1. The molecule has 1 N–H and O–H groups in total. The number of aromatic nitrogens is 2. The van der Waals surface area contributed by atoms with Gasteiger partial charge in [-0.3, -0.25) is 14.4 Å². The Balaban J connectivity index is 1.94. The largest absolute Gasteiger partial charge is 0.327 e. The van der Waals surface area contributed by atoms with E-state index >= 15 is 0 Å². The third kappa shape index (κ3) is 2.42. The number of nitrogens with zero attached hydrogens (tertiary/aromatic N) is 3. The Labute approximate surface area is 134 Å². The van der Waals surface area contributed by atoms with E-state index < -0.39 is 0 Å². The fourth-order valence-corrected chi connectivity index (χ4v) is 2.57. The number of nitrogens with one attached hydrogen (secondary N) is 1. The highest BCUT2D eigenvalue weighted by atomic mass is 32.1. The van der Waals surface area contributed by atoms with Gasteiger partial charge < -0.3 is 5.32 Å². The standard InChI is InChI=1S/C16H16N4OS/c1-10-4-6-13(7-5-10)20-15(21)14(18-16(20)22)8-12-9-17-19(3)11(12)2/h4-9H,1-3H3,(H,18,22)/b14-8-. The minimum absolute atomic E-state index is 0.155. The first-order valence-corrected chi connectivity index (χ1v) is 7.30. The van der Waals surface area contributed by atoms with Crippen molar-refractivity contribution in [3.05, 3.63) is 53.0 Å². The van der Waals surface area contributed by atoms with E-state index in [9.17, 15) is 4.79 Å². The van der Waals surface area contributed by atoms with Gasteiger partial charge in [-0.25, -0.2) is 0 Å². The molecule has 0 unspecified atom stereocenters. The monoisotopic (exact) mass is 312 g/mol. The maximum absolute atomic E-state index is 12.6. The van der Waals surface area contributed by atoms with Crippen molar-refractivity contribution in [3.8, 4) is 0 Å². The van der Waals surface area contributed by atoms with E-state index in [0.29, 0.717) is 10.8 Å². The van der Waals surface area contributed by atoms with Crippen LogP contribution in [0.15, 0.2) is 36.2 Å². The minimum atomic E-state index is -0.155. The van der Waals surface area contributed by atoms with E-state index in [1.807, 2.05) is 45.2 Å². The highest BCUT2D eigenvalue weighted by molar-refractivity contribution is 7.80. The molecule has 1 saturated heterocycles. The fourth-order valence-electron chi connectivity index (χ4n) is 2.28. The molecule has 1 aliphatic heterocycles. The molecule has 112 valence electrons. The van der Waals surface area contributed by atoms with Crippen LogP contribution in [0.25, 0.3) is 6.08 Å². The molecular formula is C16H16N4OS. The van der Waals surface area contributed by atoms with Crippen molar-refractivity contribution in [1.29, 1.82) is 0 Å². The molecule has 1 aromatic carbocycles. The molecule has 5 nitrogen and oxygen atoms in total. The number of benzene rings is 1. The van der Waals surface area contributed by atoms with Gasteiger partial charge in [0.2, 0.25) is 0 Å². The summed E-state index contributed by atoms with van der Waals surface area (Å²) in [6.07, 6.45) is 3.51. The minimum Gasteiger partial charge on any atom is -0.327 e. The molecule has 1 aliphatic rings. The summed E-state index contributed by atoms with van der Waals surface area (Å²) in [5.41, 5.74) is 4.24. The zero-order valence-corrected chi connectivity index (χ0v) is 13.4. The normalized spacial score (nSPS) is 16.5. The topological polar surface area (TPSA) is 50.2 Å². The SMILES string of the molecule is Cc1ccc(N2C(=O)/C(=C/c3cnn(C)c3C)NC2=S)cc1. The molecule has 0 radical (unpaired) electrons. The highest BCUT2D eigenvalue weighted by Crippen LogP contribution is 2.23. The predicted molar refractivity (Wildman–Crippen MR) is 90.3 cm³/mol. The van der Waals surface area contributed by atoms with Crippen LogP contribution in [0.3, 0.4) is 0 Å². The molecule has 1 amide bonds. The highest BCUT2D eigenvalue weighted by Gasteiger charge is 2.32. The Morgan fingerprint density at radius 3 is 2.50 bits per heavy atom. The van der Waals surface area contributed by atoms with Gasteiger partial charge in [-0.2, -0.15) is 5.10 Å². The summed E-state index contributed by atoms with van der Waals surface area (Å²) in [6.45, 7) is 3.96. The van der Waals surface area contributed by atoms with Crippen LogP contribution >= 0.6 is 12.2 Å². The first-order valence-electron chi connectivity index (χ1n) is 6.90. The molecule has 0 bridgehead atoms. The zero-order valence-electron chi connectivity index (χ0n) is 12.6. The van der Waals surface area contributed by atoms with Crippen molar-refractivity contribution in [2.24, 2.45) is 7.05 Å². The number of carbonyl (C=O) groups excluding carboxylic acids is 1. The van der Waals surface area contributed by atoms with Gasteiger partial charge in [-0.15, -0.1) is 0 Å². The number of amides is 1. The quantitative estimate of drug-likeness (QED) is 0.683. The molecule has 3 rings (SSSR count). The third-order valence-corrected chi connectivity index (χ3v) is 4.03. The lowest BCUT2D eigenvalue weighted by Gasteiger charge is -2.13. The third-order valence-electron chi connectivity index (χ3n) is 3.74. The molecule has 2 heterocycles. The second kappa shape index (κ2) is 5.38. The molecule has 22 heavy (non-hydrogen) atoms. The number of hydrogen-bond donors (Lipinski definition) is 1. The van der Waals surface area contributed by atoms with Crippen LogP contribution in [-0.4, -0.2) is 20.8 Å². The molecular weight excluding hydrogens is 296 g/mol. The molecule has 2 aromatic rings. The summed E-state index contributed by atoms with van der Waals surface area (Å²) in [5.74, 6) is -0.155. The zero-order chi connectivity index (χ0) is 15.9. The smallest absolute Gasteiger partial charge is 0.281 e. The van der Waals surface area contributed by atoms with Crippen LogP contribution in [0.4, 0.5) is 5.69 Å². The summed E-state index contributed by atoms with van der Waals surface area (Å²) >= 11 is 5.30. The van der Waals surface area contributed by atoms with Crippen LogP contribution in [0, 0.1) is 13.8 Å². The summed E-state index contributed by atoms with van der Waals surface area (Å²) in [4.78, 5) is 14.1. The van der Waals surface area contributed by atoms with E-state index in [4.69, 9.17) is 12.2 Å². The molecule has 1 aromatic heterocycles. The molecule has 6 heteroatoms. The molecule has 0 saturated carbocycles. The van der Waals surface area contributed by atoms with Crippen molar-refractivity contribution >= 4 is 35.0 Å². The molecule has 0 atom stereocenters. The van der Waals surface area contributed by atoms with Crippen LogP contribution in [-0.2, 0) is 11.8 Å². The van der Waals surface area contributed by atoms with Crippen molar-refractivity contribution in [2.75, 3.05) is 4.90 Å². The first-order chi connectivity index (χ1) is 10.5. The maximum atomic E-state index is 12.6. The van der Waals surface area contributed by atoms with E-state index in [0.717, 1.165) is 22.5 Å². The van der Waals surface area contributed by atoms with E-state index in [1.165, 1.54) is 4.90 Å². The Hall–Kier alpha value is -2.47. The van der Waals surface area contributed by atoms with Crippen LogP contribution in [0.2, 0.25) is 0 Å². The van der Waals surface area contributed by atoms with Crippen molar-refractivity contribution in [2.45, 2.75) is 13.8 Å². The lowest BCUT2D eigenvalue weighted by molar-refractivity contribution is -0.113. The van der Waals surface area contributed by atoms with Crippen molar-refractivity contribution < 1.29 is 4.79 Å². The van der Waals surface area contributed by atoms with E-state index in [-0.39, 0.29) is 5.91 Å². The van der Waals surface area contributed by atoms with Gasteiger partial charge in [0.05, 0.1) is 11.9 Å². The van der Waals surface area contributed by atoms with Crippen molar-refractivity contribution in [3.63, 3.8) is 0 Å². The van der Waals surface area contributed by atoms with Gasteiger partial charge in [-0.05, 0) is 44.3 Å². The molecule has 0 spiro atoms. The van der Waals surface area contributed by atoms with Gasteiger partial charge in [0.15, 0.2) is 5.11 Å². The maximum Gasteiger partial charge on any atom is 0.281 e. The number of hydrogen-bond acceptors (Lipinski definition) is 3. The lowest BCUT2D eigenvalue weighted by Crippen LogP contribution is -2.30. The Bertz CT molecular complexity index is 789. The van der Waals surface area contributed by atoms with Gasteiger partial charge in [0.25, 0.3) is 5.91 Å². The van der Waals surface area contributed by atoms with E-state index in [2.05, 4.69) is 10.4 Å². The van der Waals surface area contributed by atoms with Crippen LogP contribution in [0.5, 0.6) is 0 Å². The molecule has 0 aliphatic carbocycles. The van der Waals surface area contributed by atoms with Crippen LogP contribution in [0.1, 0.15) is 16.8 Å². The summed E-state index contributed by atoms with van der Waals surface area (Å²) in [6, 6.07) is 7.69. The lowest BCUT2D eigenvalue weighted by atomic mass is 10.2. The Morgan fingerprint density at radius 1 is 1.23 bits per heavy atom. The number of rotatable bonds is 2. The number of thiocarbonyl (C=S) groups is 1. The van der Waals surface area contributed by atoms with Gasteiger partial charge in [-0.1, -0.05) is 17.7 Å². The second-order valence-electron chi connectivity index (χ2n) is 5.27. The van der Waals surface area contributed by atoms with Crippen molar-refractivity contribution in [1.82, 2.24) is 15.1 Å². The van der Waals surface area contributed by atoms with E-state index in [1.54, 1.807) is 17.0 Å². The average molecular weight is 312 g/mol. The fraction of sp³-hybridized carbons (Fsp3) is 0.188.